The van der Waals surface area contributed by atoms with Gasteiger partial charge in [-0.3, -0.25) is 10.1 Å². The minimum absolute atomic E-state index is 0.0560. The zero-order valence-corrected chi connectivity index (χ0v) is 9.78. The Balaban J connectivity index is 3.27. The highest BCUT2D eigenvalue weighted by Gasteiger charge is 2.26. The number of halogens is 1. The SMILES string of the molecule is CCc1nn(C(C)CC)c(Cl)c1[N+](=O)[O-]. The molecule has 0 aromatic carbocycles. The summed E-state index contributed by atoms with van der Waals surface area (Å²) in [6.45, 7) is 5.74. The summed E-state index contributed by atoms with van der Waals surface area (Å²) in [5, 5.41) is 15.1. The first kappa shape index (κ1) is 12.0. The third-order valence-corrected chi connectivity index (χ3v) is 2.78. The molecule has 6 heteroatoms. The molecule has 84 valence electrons. The Morgan fingerprint density at radius 3 is 2.53 bits per heavy atom. The molecule has 5 nitrogen and oxygen atoms in total. The van der Waals surface area contributed by atoms with Crippen LogP contribution in [0.3, 0.4) is 0 Å². The molecule has 0 aliphatic carbocycles. The molecule has 0 saturated carbocycles. The van der Waals surface area contributed by atoms with Crippen LogP contribution in [0.2, 0.25) is 5.15 Å². The van der Waals surface area contributed by atoms with Gasteiger partial charge in [0, 0.05) is 0 Å². The van der Waals surface area contributed by atoms with Crippen molar-refractivity contribution in [2.75, 3.05) is 0 Å². The normalized spacial score (nSPS) is 12.8. The van der Waals surface area contributed by atoms with Crippen molar-refractivity contribution in [2.24, 2.45) is 0 Å². The van der Waals surface area contributed by atoms with Crippen molar-refractivity contribution in [3.05, 3.63) is 21.0 Å². The van der Waals surface area contributed by atoms with E-state index in [1.165, 1.54) is 4.68 Å². The molecule has 0 aliphatic heterocycles. The molecule has 0 aliphatic rings. The van der Waals surface area contributed by atoms with Gasteiger partial charge in [-0.15, -0.1) is 0 Å². The first-order valence-corrected chi connectivity index (χ1v) is 5.31. The summed E-state index contributed by atoms with van der Waals surface area (Å²) in [6.07, 6.45) is 1.35. The van der Waals surface area contributed by atoms with Gasteiger partial charge in [0.25, 0.3) is 0 Å². The van der Waals surface area contributed by atoms with E-state index in [9.17, 15) is 10.1 Å². The van der Waals surface area contributed by atoms with E-state index in [1.54, 1.807) is 0 Å². The van der Waals surface area contributed by atoms with Gasteiger partial charge in [-0.1, -0.05) is 25.4 Å². The Kier molecular flexibility index (Phi) is 3.68. The molecule has 0 N–H and O–H groups in total. The predicted octanol–water partition coefficient (Wildman–Crippen LogP) is 2.98. The summed E-state index contributed by atoms with van der Waals surface area (Å²) < 4.78 is 1.53. The first-order chi connectivity index (χ1) is 7.02. The molecule has 0 saturated heterocycles. The van der Waals surface area contributed by atoms with Crippen molar-refractivity contribution < 1.29 is 4.92 Å². The lowest BCUT2D eigenvalue weighted by Gasteiger charge is -2.08. The summed E-state index contributed by atoms with van der Waals surface area (Å²) >= 11 is 5.94. The Hall–Kier alpha value is -1.10. The molecule has 0 radical (unpaired) electrons. The summed E-state index contributed by atoms with van der Waals surface area (Å²) in [5.41, 5.74) is 0.393. The molecule has 1 rings (SSSR count). The smallest absolute Gasteiger partial charge is 0.258 e. The van der Waals surface area contributed by atoms with Crippen LogP contribution in [0.25, 0.3) is 0 Å². The Morgan fingerprint density at radius 1 is 1.60 bits per heavy atom. The first-order valence-electron chi connectivity index (χ1n) is 4.94. The molecule has 1 heterocycles. The molecule has 1 aromatic heterocycles. The number of nitro groups is 1. The second-order valence-corrected chi connectivity index (χ2v) is 3.76. The zero-order valence-electron chi connectivity index (χ0n) is 9.03. The number of aromatic nitrogens is 2. The largest absolute Gasteiger partial charge is 0.329 e. The third-order valence-electron chi connectivity index (χ3n) is 2.42. The molecule has 0 bridgehead atoms. The van der Waals surface area contributed by atoms with Crippen LogP contribution in [0.5, 0.6) is 0 Å². The lowest BCUT2D eigenvalue weighted by molar-refractivity contribution is -0.385. The van der Waals surface area contributed by atoms with Crippen LogP contribution in [0.1, 0.15) is 38.9 Å². The van der Waals surface area contributed by atoms with Crippen molar-refractivity contribution >= 4 is 17.3 Å². The predicted molar refractivity (Wildman–Crippen MR) is 58.3 cm³/mol. The number of hydrogen-bond acceptors (Lipinski definition) is 3. The lowest BCUT2D eigenvalue weighted by Crippen LogP contribution is -2.06. The molecule has 1 aromatic rings. The van der Waals surface area contributed by atoms with Crippen molar-refractivity contribution in [3.63, 3.8) is 0 Å². The summed E-state index contributed by atoms with van der Waals surface area (Å²) in [6, 6.07) is 0.0801. The summed E-state index contributed by atoms with van der Waals surface area (Å²) in [5.74, 6) is 0. The van der Waals surface area contributed by atoms with Crippen molar-refractivity contribution in [2.45, 2.75) is 39.7 Å². The molecule has 15 heavy (non-hydrogen) atoms. The van der Waals surface area contributed by atoms with Gasteiger partial charge in [0.15, 0.2) is 0 Å². The van der Waals surface area contributed by atoms with E-state index in [2.05, 4.69) is 5.10 Å². The average Bonchev–Trinajstić information content (AvgIpc) is 2.54. The molecule has 1 unspecified atom stereocenters. The second kappa shape index (κ2) is 4.61. The molecular weight excluding hydrogens is 218 g/mol. The fourth-order valence-electron chi connectivity index (χ4n) is 1.33. The fraction of sp³-hybridized carbons (Fsp3) is 0.667. The van der Waals surface area contributed by atoms with E-state index in [4.69, 9.17) is 11.6 Å². The number of rotatable bonds is 4. The maximum atomic E-state index is 10.8. The van der Waals surface area contributed by atoms with Crippen molar-refractivity contribution in [3.8, 4) is 0 Å². The van der Waals surface area contributed by atoms with Gasteiger partial charge in [0.05, 0.1) is 11.0 Å². The standard InChI is InChI=1S/C9H14ClN3O2/c1-4-6(3)12-9(10)8(13(14)15)7(5-2)11-12/h6H,4-5H2,1-3H3. The monoisotopic (exact) mass is 231 g/mol. The van der Waals surface area contributed by atoms with Crippen LogP contribution in [-0.4, -0.2) is 14.7 Å². The molecule has 0 fully saturated rings. The van der Waals surface area contributed by atoms with Crippen LogP contribution in [-0.2, 0) is 6.42 Å². The molecular formula is C9H14ClN3O2. The molecule has 0 spiro atoms. The van der Waals surface area contributed by atoms with Crippen molar-refractivity contribution in [1.82, 2.24) is 9.78 Å². The van der Waals surface area contributed by atoms with E-state index in [0.717, 1.165) is 6.42 Å². The van der Waals surface area contributed by atoms with E-state index in [1.807, 2.05) is 20.8 Å². The van der Waals surface area contributed by atoms with Gasteiger partial charge < -0.3 is 0 Å². The average molecular weight is 232 g/mol. The quantitative estimate of drug-likeness (QED) is 0.591. The van der Waals surface area contributed by atoms with Crippen LogP contribution in [0, 0.1) is 10.1 Å². The van der Waals surface area contributed by atoms with Gasteiger partial charge in [-0.25, -0.2) is 4.68 Å². The van der Waals surface area contributed by atoms with Gasteiger partial charge in [-0.2, -0.15) is 5.10 Å². The zero-order chi connectivity index (χ0) is 11.6. The summed E-state index contributed by atoms with van der Waals surface area (Å²) in [7, 11) is 0. The maximum absolute atomic E-state index is 10.8. The van der Waals surface area contributed by atoms with Crippen LogP contribution in [0.4, 0.5) is 5.69 Å². The maximum Gasteiger partial charge on any atom is 0.329 e. The fourth-order valence-corrected chi connectivity index (χ4v) is 1.72. The van der Waals surface area contributed by atoms with Crippen molar-refractivity contribution in [1.29, 1.82) is 0 Å². The van der Waals surface area contributed by atoms with Crippen LogP contribution >= 0.6 is 11.6 Å². The van der Waals surface area contributed by atoms with Gasteiger partial charge in [0.2, 0.25) is 5.15 Å². The number of aryl methyl sites for hydroxylation is 1. The third kappa shape index (κ3) is 2.12. The lowest BCUT2D eigenvalue weighted by atomic mass is 10.3. The highest BCUT2D eigenvalue weighted by molar-refractivity contribution is 6.31. The van der Waals surface area contributed by atoms with Gasteiger partial charge >= 0.3 is 5.69 Å². The Labute approximate surface area is 93.2 Å². The second-order valence-electron chi connectivity index (χ2n) is 3.40. The number of nitrogens with zero attached hydrogens (tertiary/aromatic N) is 3. The minimum atomic E-state index is -0.465. The van der Waals surface area contributed by atoms with Crippen LogP contribution in [0.15, 0.2) is 0 Å². The van der Waals surface area contributed by atoms with Crippen LogP contribution < -0.4 is 0 Å². The molecule has 0 amide bonds. The highest BCUT2D eigenvalue weighted by Crippen LogP contribution is 2.31. The summed E-state index contributed by atoms with van der Waals surface area (Å²) in [4.78, 5) is 10.3. The topological polar surface area (TPSA) is 61.0 Å². The van der Waals surface area contributed by atoms with E-state index in [-0.39, 0.29) is 16.9 Å². The van der Waals surface area contributed by atoms with E-state index >= 15 is 0 Å². The Morgan fingerprint density at radius 2 is 2.20 bits per heavy atom. The minimum Gasteiger partial charge on any atom is -0.258 e. The Bertz CT molecular complexity index is 376. The van der Waals surface area contributed by atoms with E-state index in [0.29, 0.717) is 12.1 Å². The van der Waals surface area contributed by atoms with Gasteiger partial charge in [-0.05, 0) is 19.8 Å². The molecule has 1 atom stereocenters. The van der Waals surface area contributed by atoms with Gasteiger partial charge in [0.1, 0.15) is 5.69 Å². The van der Waals surface area contributed by atoms with E-state index < -0.39 is 4.92 Å². The number of hydrogen-bond donors (Lipinski definition) is 0. The highest BCUT2D eigenvalue weighted by atomic mass is 35.5.